The van der Waals surface area contributed by atoms with Crippen molar-refractivity contribution in [2.24, 2.45) is 0 Å². The van der Waals surface area contributed by atoms with Gasteiger partial charge in [0.2, 0.25) is 0 Å². The molecule has 4 rings (SSSR count). The lowest BCUT2D eigenvalue weighted by atomic mass is 10.0. The molecule has 0 aromatic carbocycles. The Bertz CT molecular complexity index is 852. The molecule has 0 amide bonds. The van der Waals surface area contributed by atoms with Crippen molar-refractivity contribution in [1.82, 2.24) is 24.4 Å². The van der Waals surface area contributed by atoms with Crippen molar-refractivity contribution < 1.29 is 13.2 Å². The molecule has 0 saturated carbocycles. The molecule has 0 radical (unpaired) electrons. The van der Waals surface area contributed by atoms with Crippen molar-refractivity contribution >= 4 is 5.65 Å². The third kappa shape index (κ3) is 4.01. The van der Waals surface area contributed by atoms with E-state index in [0.29, 0.717) is 17.4 Å². The van der Waals surface area contributed by atoms with Crippen LogP contribution in [0.25, 0.3) is 5.65 Å². The molecule has 4 heterocycles. The van der Waals surface area contributed by atoms with Gasteiger partial charge in [-0.25, -0.2) is 9.50 Å². The summed E-state index contributed by atoms with van der Waals surface area (Å²) in [5.41, 5.74) is 0.732. The Labute approximate surface area is 169 Å². The van der Waals surface area contributed by atoms with Crippen LogP contribution in [0, 0.1) is 0 Å². The van der Waals surface area contributed by atoms with Crippen molar-refractivity contribution in [3.8, 4) is 0 Å². The van der Waals surface area contributed by atoms with Crippen LogP contribution in [0.2, 0.25) is 0 Å². The highest BCUT2D eigenvalue weighted by molar-refractivity contribution is 5.44. The van der Waals surface area contributed by atoms with E-state index in [4.69, 9.17) is 0 Å². The van der Waals surface area contributed by atoms with E-state index in [1.807, 2.05) is 13.8 Å². The average molecular weight is 410 g/mol. The van der Waals surface area contributed by atoms with Crippen molar-refractivity contribution in [3.05, 3.63) is 29.2 Å². The Morgan fingerprint density at radius 1 is 1.10 bits per heavy atom. The van der Waals surface area contributed by atoms with Gasteiger partial charge < -0.3 is 4.90 Å². The molecule has 2 aliphatic rings. The largest absolute Gasteiger partial charge is 0.433 e. The summed E-state index contributed by atoms with van der Waals surface area (Å²) < 4.78 is 42.0. The quantitative estimate of drug-likeness (QED) is 0.746. The van der Waals surface area contributed by atoms with Crippen LogP contribution < -0.4 is 0 Å². The summed E-state index contributed by atoms with van der Waals surface area (Å²) in [6.45, 7) is 10.2. The van der Waals surface area contributed by atoms with Crippen molar-refractivity contribution in [1.29, 1.82) is 0 Å². The molecule has 0 bridgehead atoms. The lowest BCUT2D eigenvalue weighted by molar-refractivity contribution is -0.142. The molecule has 160 valence electrons. The molecule has 0 aliphatic carbocycles. The predicted molar refractivity (Wildman–Crippen MR) is 106 cm³/mol. The number of aromatic nitrogens is 3. The molecule has 2 fully saturated rings. The molecule has 8 heteroatoms. The maximum atomic E-state index is 13.7. The molecule has 2 aliphatic heterocycles. The zero-order valence-corrected chi connectivity index (χ0v) is 17.4. The molecular formula is C21H30F3N5. The van der Waals surface area contributed by atoms with E-state index in [9.17, 15) is 13.2 Å². The standard InChI is InChI=1S/C21H30F3N5/c1-4-27-10-7-15(8-11-27)28-9-5-6-18(28)17-13-20-25-16(14(2)3)12-19(21(22,23)24)29(20)26-17/h12-15,18H,4-11H2,1-3H3/t18-/m0/s1. The summed E-state index contributed by atoms with van der Waals surface area (Å²) in [6, 6.07) is 3.47. The molecule has 2 aromatic rings. The van der Waals surface area contributed by atoms with Crippen LogP contribution in [0.1, 0.15) is 75.5 Å². The van der Waals surface area contributed by atoms with Gasteiger partial charge in [0.15, 0.2) is 5.65 Å². The SMILES string of the molecule is CCN1CCC(N2CCC[C@H]2c2cc3nc(C(C)C)cc(C(F)(F)F)n3n2)CC1. The normalized spacial score (nSPS) is 22.9. The maximum Gasteiger partial charge on any atom is 0.433 e. The third-order valence-electron chi connectivity index (χ3n) is 6.46. The molecule has 0 unspecified atom stereocenters. The molecule has 2 saturated heterocycles. The predicted octanol–water partition coefficient (Wildman–Crippen LogP) is 4.49. The van der Waals surface area contributed by atoms with Crippen molar-refractivity contribution in [3.63, 3.8) is 0 Å². The van der Waals surface area contributed by atoms with E-state index >= 15 is 0 Å². The van der Waals surface area contributed by atoms with Crippen molar-refractivity contribution in [2.45, 2.75) is 70.6 Å². The van der Waals surface area contributed by atoms with Crippen LogP contribution in [0.5, 0.6) is 0 Å². The number of nitrogens with zero attached hydrogens (tertiary/aromatic N) is 5. The smallest absolute Gasteiger partial charge is 0.303 e. The molecule has 1 atom stereocenters. The second-order valence-corrected chi connectivity index (χ2v) is 8.62. The highest BCUT2D eigenvalue weighted by Crippen LogP contribution is 2.37. The zero-order valence-electron chi connectivity index (χ0n) is 17.4. The van der Waals surface area contributed by atoms with Crippen LogP contribution in [-0.2, 0) is 6.18 Å². The first-order valence-corrected chi connectivity index (χ1v) is 10.7. The number of piperidine rings is 1. The fraction of sp³-hybridized carbons (Fsp3) is 0.714. The molecule has 0 spiro atoms. The number of halogens is 3. The van der Waals surface area contributed by atoms with E-state index in [0.717, 1.165) is 68.1 Å². The van der Waals surface area contributed by atoms with Gasteiger partial charge in [-0.05, 0) is 63.8 Å². The first-order chi connectivity index (χ1) is 13.8. The molecule has 29 heavy (non-hydrogen) atoms. The van der Waals surface area contributed by atoms with E-state index in [1.54, 1.807) is 6.07 Å². The Hall–Kier alpha value is -1.67. The van der Waals surface area contributed by atoms with Crippen LogP contribution in [0.3, 0.4) is 0 Å². The summed E-state index contributed by atoms with van der Waals surface area (Å²) in [4.78, 5) is 9.41. The van der Waals surface area contributed by atoms with E-state index in [2.05, 4.69) is 26.8 Å². The van der Waals surface area contributed by atoms with E-state index < -0.39 is 11.9 Å². The first kappa shape index (κ1) is 20.6. The van der Waals surface area contributed by atoms with Gasteiger partial charge in [-0.3, -0.25) is 4.90 Å². The second-order valence-electron chi connectivity index (χ2n) is 8.62. The lowest BCUT2D eigenvalue weighted by Crippen LogP contribution is -2.44. The number of fused-ring (bicyclic) bond motifs is 1. The zero-order chi connectivity index (χ0) is 20.8. The summed E-state index contributed by atoms with van der Waals surface area (Å²) >= 11 is 0. The number of alkyl halides is 3. The highest BCUT2D eigenvalue weighted by Gasteiger charge is 2.38. The summed E-state index contributed by atoms with van der Waals surface area (Å²) in [7, 11) is 0. The minimum absolute atomic E-state index is 0.0776. The molecule has 5 nitrogen and oxygen atoms in total. The van der Waals surface area contributed by atoms with Crippen LogP contribution in [0.15, 0.2) is 12.1 Å². The summed E-state index contributed by atoms with van der Waals surface area (Å²) in [6.07, 6.45) is -0.238. The third-order valence-corrected chi connectivity index (χ3v) is 6.46. The minimum Gasteiger partial charge on any atom is -0.303 e. The van der Waals surface area contributed by atoms with Crippen LogP contribution >= 0.6 is 0 Å². The average Bonchev–Trinajstić information content (AvgIpc) is 3.32. The maximum absolute atomic E-state index is 13.7. The van der Waals surface area contributed by atoms with Gasteiger partial charge >= 0.3 is 6.18 Å². The molecular weight excluding hydrogens is 379 g/mol. The number of hydrogen-bond acceptors (Lipinski definition) is 4. The fourth-order valence-corrected chi connectivity index (χ4v) is 4.78. The lowest BCUT2D eigenvalue weighted by Gasteiger charge is -2.38. The van der Waals surface area contributed by atoms with Crippen LogP contribution in [0.4, 0.5) is 13.2 Å². The number of likely N-dealkylation sites (tertiary alicyclic amines) is 2. The Kier molecular flexibility index (Phi) is 5.59. The number of hydrogen-bond donors (Lipinski definition) is 0. The van der Waals surface area contributed by atoms with Gasteiger partial charge in [0, 0.05) is 17.8 Å². The second kappa shape index (κ2) is 7.87. The highest BCUT2D eigenvalue weighted by atomic mass is 19.4. The van der Waals surface area contributed by atoms with Gasteiger partial charge in [0.1, 0.15) is 5.69 Å². The number of rotatable bonds is 4. The van der Waals surface area contributed by atoms with E-state index in [1.165, 1.54) is 0 Å². The van der Waals surface area contributed by atoms with Gasteiger partial charge in [0.25, 0.3) is 0 Å². The molecule has 2 aromatic heterocycles. The van der Waals surface area contributed by atoms with Gasteiger partial charge in [-0.2, -0.15) is 18.3 Å². The Morgan fingerprint density at radius 3 is 2.45 bits per heavy atom. The Balaban J connectivity index is 1.67. The van der Waals surface area contributed by atoms with E-state index in [-0.39, 0.29) is 12.0 Å². The summed E-state index contributed by atoms with van der Waals surface area (Å²) in [5, 5.41) is 4.42. The summed E-state index contributed by atoms with van der Waals surface area (Å²) in [5.74, 6) is -0.0776. The first-order valence-electron chi connectivity index (χ1n) is 10.7. The molecule has 0 N–H and O–H groups in total. The Morgan fingerprint density at radius 2 is 1.83 bits per heavy atom. The topological polar surface area (TPSA) is 36.7 Å². The fourth-order valence-electron chi connectivity index (χ4n) is 4.78. The van der Waals surface area contributed by atoms with Crippen LogP contribution in [-0.4, -0.2) is 56.6 Å². The van der Waals surface area contributed by atoms with Gasteiger partial charge in [0.05, 0.1) is 11.7 Å². The van der Waals surface area contributed by atoms with Crippen molar-refractivity contribution in [2.75, 3.05) is 26.2 Å². The minimum atomic E-state index is -4.46. The van der Waals surface area contributed by atoms with Gasteiger partial charge in [-0.1, -0.05) is 20.8 Å². The monoisotopic (exact) mass is 409 g/mol. The van der Waals surface area contributed by atoms with Gasteiger partial charge in [-0.15, -0.1) is 0 Å².